The number of sulfonamides is 1. The van der Waals surface area contributed by atoms with Crippen LogP contribution in [0, 0.1) is 0 Å². The lowest BCUT2D eigenvalue weighted by molar-refractivity contribution is -0.137. The first kappa shape index (κ1) is 23.9. The number of rotatable bonds is 7. The van der Waals surface area contributed by atoms with Gasteiger partial charge in [0.2, 0.25) is 0 Å². The first-order valence-corrected chi connectivity index (χ1v) is 12.1. The van der Waals surface area contributed by atoms with E-state index >= 15 is 0 Å². The van der Waals surface area contributed by atoms with Crippen molar-refractivity contribution in [2.45, 2.75) is 37.4 Å². The highest BCUT2D eigenvalue weighted by molar-refractivity contribution is 9.10. The van der Waals surface area contributed by atoms with Crippen LogP contribution in [-0.2, 0) is 20.9 Å². The van der Waals surface area contributed by atoms with Gasteiger partial charge in [0.15, 0.2) is 0 Å². The second-order valence-electron chi connectivity index (χ2n) is 7.28. The molecule has 0 radical (unpaired) electrons. The van der Waals surface area contributed by atoms with Crippen molar-refractivity contribution >= 4 is 37.3 Å². The van der Waals surface area contributed by atoms with E-state index in [1.807, 2.05) is 26.0 Å². The van der Waals surface area contributed by atoms with Gasteiger partial charge in [-0.25, -0.2) is 8.42 Å². The average molecular weight is 521 g/mol. The summed E-state index contributed by atoms with van der Waals surface area (Å²) in [5, 5.41) is 0. The van der Waals surface area contributed by atoms with Crippen molar-refractivity contribution in [3.8, 4) is 0 Å². The van der Waals surface area contributed by atoms with Crippen LogP contribution in [0.15, 0.2) is 51.8 Å². The zero-order chi connectivity index (χ0) is 22.8. The van der Waals surface area contributed by atoms with Gasteiger partial charge in [0.25, 0.3) is 10.0 Å². The van der Waals surface area contributed by atoms with Crippen LogP contribution in [0.25, 0.3) is 0 Å². The largest absolute Gasteiger partial charge is 0.416 e. The van der Waals surface area contributed by atoms with Crippen molar-refractivity contribution in [2.24, 2.45) is 0 Å². The number of halogens is 4. The second-order valence-corrected chi connectivity index (χ2v) is 10.1. The third-order valence-corrected chi connectivity index (χ3v) is 7.43. The van der Waals surface area contributed by atoms with E-state index in [0.717, 1.165) is 18.6 Å². The Kier molecular flexibility index (Phi) is 7.22. The third-order valence-electron chi connectivity index (χ3n) is 5.13. The fourth-order valence-corrected chi connectivity index (χ4v) is 5.42. The Morgan fingerprint density at radius 3 is 2.55 bits per heavy atom. The van der Waals surface area contributed by atoms with E-state index in [1.54, 1.807) is 6.07 Å². The molecular weight excluding hydrogens is 497 g/mol. The Bertz CT molecular complexity index is 1030. The minimum Gasteiger partial charge on any atom is -0.379 e. The lowest BCUT2D eigenvalue weighted by atomic mass is 10.1. The molecule has 10 heteroatoms. The zero-order valence-electron chi connectivity index (χ0n) is 17.2. The number of nitrogens with zero attached hydrogens (tertiary/aromatic N) is 2. The highest BCUT2D eigenvalue weighted by atomic mass is 79.9. The van der Waals surface area contributed by atoms with Crippen molar-refractivity contribution in [3.05, 3.63) is 52.5 Å². The number of hydrogen-bond acceptors (Lipinski definition) is 4. The molecule has 0 fully saturated rings. The molecule has 3 rings (SSSR count). The van der Waals surface area contributed by atoms with Gasteiger partial charge in [-0.05, 0) is 56.7 Å². The summed E-state index contributed by atoms with van der Waals surface area (Å²) in [6, 6.07) is 9.17. The van der Waals surface area contributed by atoms with Crippen molar-refractivity contribution in [3.63, 3.8) is 0 Å². The molecule has 0 bridgehead atoms. The monoisotopic (exact) mass is 520 g/mol. The summed E-state index contributed by atoms with van der Waals surface area (Å²) in [6.45, 7) is 5.76. The van der Waals surface area contributed by atoms with Gasteiger partial charge in [0.1, 0.15) is 0 Å². The maximum Gasteiger partial charge on any atom is 0.416 e. The normalized spacial score (nSPS) is 15.7. The van der Waals surface area contributed by atoms with Gasteiger partial charge in [-0.1, -0.05) is 22.0 Å². The van der Waals surface area contributed by atoms with Crippen molar-refractivity contribution in [2.75, 3.05) is 35.4 Å². The van der Waals surface area contributed by atoms with E-state index in [4.69, 9.17) is 4.74 Å². The molecular formula is C21H24BrF3N2O3S. The topological polar surface area (TPSA) is 49.9 Å². The van der Waals surface area contributed by atoms with Gasteiger partial charge in [0.05, 0.1) is 34.5 Å². The molecule has 1 atom stereocenters. The minimum atomic E-state index is -4.62. The standard InChI is InChI=1S/C21H24BrF3N2O3S/c1-3-30-15(2)9-10-26-11-12-27(20-14-17(22)7-8-19(20)26)31(28,29)18-6-4-5-16(13-18)21(23,24)25/h4-8,13-15H,3,9-12H2,1-2H3. The fraction of sp³-hybridized carbons (Fsp3) is 0.429. The molecule has 0 aliphatic carbocycles. The fourth-order valence-electron chi connectivity index (χ4n) is 3.56. The van der Waals surface area contributed by atoms with E-state index < -0.39 is 21.8 Å². The molecule has 0 saturated heterocycles. The van der Waals surface area contributed by atoms with E-state index in [0.29, 0.717) is 41.6 Å². The average Bonchev–Trinajstić information content (AvgIpc) is 2.71. The van der Waals surface area contributed by atoms with Crippen LogP contribution in [0.3, 0.4) is 0 Å². The van der Waals surface area contributed by atoms with Crippen LogP contribution in [0.1, 0.15) is 25.8 Å². The molecule has 1 heterocycles. The predicted molar refractivity (Wildman–Crippen MR) is 118 cm³/mol. The Balaban J connectivity index is 1.95. The van der Waals surface area contributed by atoms with E-state index in [1.165, 1.54) is 10.4 Å². The highest BCUT2D eigenvalue weighted by Gasteiger charge is 2.35. The summed E-state index contributed by atoms with van der Waals surface area (Å²) in [5.41, 5.74) is 0.155. The number of anilines is 2. The Labute approximate surface area is 189 Å². The van der Waals surface area contributed by atoms with Gasteiger partial charge in [0, 0.05) is 24.2 Å². The summed E-state index contributed by atoms with van der Waals surface area (Å²) in [4.78, 5) is 1.70. The smallest absolute Gasteiger partial charge is 0.379 e. The maximum atomic E-state index is 13.3. The predicted octanol–water partition coefficient (Wildman–Crippen LogP) is 5.30. The van der Waals surface area contributed by atoms with Crippen LogP contribution in [0.2, 0.25) is 0 Å². The Morgan fingerprint density at radius 2 is 1.87 bits per heavy atom. The quantitative estimate of drug-likeness (QED) is 0.497. The number of ether oxygens (including phenoxy) is 1. The van der Waals surface area contributed by atoms with Crippen molar-refractivity contribution < 1.29 is 26.3 Å². The number of fused-ring (bicyclic) bond motifs is 1. The first-order valence-electron chi connectivity index (χ1n) is 9.90. The maximum absolute atomic E-state index is 13.3. The van der Waals surface area contributed by atoms with Gasteiger partial charge < -0.3 is 9.64 Å². The first-order chi connectivity index (χ1) is 14.5. The van der Waals surface area contributed by atoms with Crippen LogP contribution < -0.4 is 9.21 Å². The summed E-state index contributed by atoms with van der Waals surface area (Å²) in [5.74, 6) is 0. The van der Waals surface area contributed by atoms with Crippen LogP contribution in [-0.4, -0.2) is 40.8 Å². The van der Waals surface area contributed by atoms with Crippen molar-refractivity contribution in [1.29, 1.82) is 0 Å². The lowest BCUT2D eigenvalue weighted by Gasteiger charge is -2.38. The summed E-state index contributed by atoms with van der Waals surface area (Å²) in [6.07, 6.45) is -3.79. The minimum absolute atomic E-state index is 0.0655. The molecule has 1 unspecified atom stereocenters. The number of benzene rings is 2. The molecule has 0 spiro atoms. The molecule has 1 aliphatic heterocycles. The molecule has 31 heavy (non-hydrogen) atoms. The van der Waals surface area contributed by atoms with Crippen LogP contribution >= 0.6 is 15.9 Å². The van der Waals surface area contributed by atoms with Gasteiger partial charge in [-0.3, -0.25) is 4.31 Å². The Hall–Kier alpha value is -1.78. The van der Waals surface area contributed by atoms with E-state index in [2.05, 4.69) is 20.8 Å². The molecule has 0 N–H and O–H groups in total. The summed E-state index contributed by atoms with van der Waals surface area (Å²) in [7, 11) is -4.18. The molecule has 5 nitrogen and oxygen atoms in total. The third kappa shape index (κ3) is 5.35. The molecule has 0 saturated carbocycles. The molecule has 170 valence electrons. The summed E-state index contributed by atoms with van der Waals surface area (Å²) >= 11 is 3.37. The molecule has 1 aliphatic rings. The SMILES string of the molecule is CCOC(C)CCN1CCN(S(=O)(=O)c2cccc(C(F)(F)F)c2)c2cc(Br)ccc21. The Morgan fingerprint density at radius 1 is 1.13 bits per heavy atom. The second kappa shape index (κ2) is 9.38. The zero-order valence-corrected chi connectivity index (χ0v) is 19.6. The van der Waals surface area contributed by atoms with Gasteiger partial charge in [-0.2, -0.15) is 13.2 Å². The van der Waals surface area contributed by atoms with Crippen molar-refractivity contribution in [1.82, 2.24) is 0 Å². The molecule has 0 aromatic heterocycles. The molecule has 0 amide bonds. The van der Waals surface area contributed by atoms with Gasteiger partial charge in [-0.15, -0.1) is 0 Å². The van der Waals surface area contributed by atoms with E-state index in [-0.39, 0.29) is 17.5 Å². The van der Waals surface area contributed by atoms with Crippen LogP contribution in [0.4, 0.5) is 24.5 Å². The molecule has 2 aromatic carbocycles. The van der Waals surface area contributed by atoms with Crippen LogP contribution in [0.5, 0.6) is 0 Å². The van der Waals surface area contributed by atoms with E-state index in [9.17, 15) is 21.6 Å². The lowest BCUT2D eigenvalue weighted by Crippen LogP contribution is -2.44. The number of hydrogen-bond donors (Lipinski definition) is 0. The summed E-state index contributed by atoms with van der Waals surface area (Å²) < 4.78 is 73.4. The number of alkyl halides is 3. The highest BCUT2D eigenvalue weighted by Crippen LogP contribution is 2.39. The molecule has 2 aromatic rings. The van der Waals surface area contributed by atoms with Gasteiger partial charge >= 0.3 is 6.18 Å².